The van der Waals surface area contributed by atoms with Crippen LogP contribution >= 0.6 is 0 Å². The van der Waals surface area contributed by atoms with Gasteiger partial charge in [-0.2, -0.15) is 0 Å². The fourth-order valence-electron chi connectivity index (χ4n) is 2.53. The van der Waals surface area contributed by atoms with Gasteiger partial charge in [-0.1, -0.05) is 13.0 Å². The molecule has 2 atom stereocenters. The van der Waals surface area contributed by atoms with Crippen LogP contribution < -0.4 is 5.32 Å². The van der Waals surface area contributed by atoms with Gasteiger partial charge in [-0.15, -0.1) is 0 Å². The average molecular weight is 261 g/mol. The van der Waals surface area contributed by atoms with E-state index in [0.717, 1.165) is 37.2 Å². The van der Waals surface area contributed by atoms with Crippen molar-refractivity contribution < 1.29 is 4.79 Å². The molecule has 0 saturated carbocycles. The van der Waals surface area contributed by atoms with Crippen molar-refractivity contribution in [3.63, 3.8) is 0 Å². The van der Waals surface area contributed by atoms with E-state index in [1.807, 2.05) is 17.2 Å². The molecule has 1 fully saturated rings. The Balaban J connectivity index is 2.07. The molecule has 1 aliphatic rings. The standard InChI is InChI=1S/C15H23N3O/c1-4-11(2)17-15-8-7-13(10-16-15)14-6-5-9-18(14)12(3)19/h7-8,10-11,14H,4-6,9H2,1-3H3,(H,16,17)/t11-,14+/m0/s1. The number of hydrogen-bond acceptors (Lipinski definition) is 3. The molecular formula is C15H23N3O. The summed E-state index contributed by atoms with van der Waals surface area (Å²) in [6.07, 6.45) is 5.09. The number of amides is 1. The Hall–Kier alpha value is -1.58. The Morgan fingerprint density at radius 2 is 2.37 bits per heavy atom. The smallest absolute Gasteiger partial charge is 0.219 e. The summed E-state index contributed by atoms with van der Waals surface area (Å²) in [5, 5.41) is 3.35. The van der Waals surface area contributed by atoms with E-state index in [-0.39, 0.29) is 11.9 Å². The minimum atomic E-state index is 0.157. The number of aromatic nitrogens is 1. The van der Waals surface area contributed by atoms with Crippen LogP contribution in [-0.2, 0) is 4.79 Å². The molecular weight excluding hydrogens is 238 g/mol. The Morgan fingerprint density at radius 3 is 2.95 bits per heavy atom. The van der Waals surface area contributed by atoms with Crippen LogP contribution in [0.5, 0.6) is 0 Å². The molecule has 1 aromatic heterocycles. The summed E-state index contributed by atoms with van der Waals surface area (Å²) in [7, 11) is 0. The summed E-state index contributed by atoms with van der Waals surface area (Å²) in [6.45, 7) is 6.80. The van der Waals surface area contributed by atoms with Gasteiger partial charge in [0.25, 0.3) is 0 Å². The molecule has 2 heterocycles. The molecule has 0 spiro atoms. The van der Waals surface area contributed by atoms with Gasteiger partial charge in [0.05, 0.1) is 6.04 Å². The molecule has 1 aliphatic heterocycles. The van der Waals surface area contributed by atoms with Crippen molar-refractivity contribution in [2.24, 2.45) is 0 Å². The maximum Gasteiger partial charge on any atom is 0.219 e. The molecule has 19 heavy (non-hydrogen) atoms. The largest absolute Gasteiger partial charge is 0.368 e. The number of anilines is 1. The van der Waals surface area contributed by atoms with Gasteiger partial charge in [-0.3, -0.25) is 4.79 Å². The molecule has 1 N–H and O–H groups in total. The van der Waals surface area contributed by atoms with Crippen LogP contribution in [0.25, 0.3) is 0 Å². The second kappa shape index (κ2) is 6.04. The van der Waals surface area contributed by atoms with E-state index < -0.39 is 0 Å². The van der Waals surface area contributed by atoms with Crippen molar-refractivity contribution in [3.05, 3.63) is 23.9 Å². The van der Waals surface area contributed by atoms with E-state index >= 15 is 0 Å². The van der Waals surface area contributed by atoms with Crippen molar-refractivity contribution in [3.8, 4) is 0 Å². The van der Waals surface area contributed by atoms with Crippen molar-refractivity contribution in [1.82, 2.24) is 9.88 Å². The zero-order valence-corrected chi connectivity index (χ0v) is 12.0. The minimum absolute atomic E-state index is 0.157. The Bertz CT molecular complexity index is 430. The van der Waals surface area contributed by atoms with Gasteiger partial charge >= 0.3 is 0 Å². The van der Waals surface area contributed by atoms with Crippen LogP contribution in [0.1, 0.15) is 51.6 Å². The molecule has 4 heteroatoms. The Kier molecular flexibility index (Phi) is 4.40. The van der Waals surface area contributed by atoms with Gasteiger partial charge in [0.15, 0.2) is 0 Å². The summed E-state index contributed by atoms with van der Waals surface area (Å²) in [6, 6.07) is 4.74. The van der Waals surface area contributed by atoms with Crippen molar-refractivity contribution in [2.75, 3.05) is 11.9 Å². The number of nitrogens with one attached hydrogen (secondary N) is 1. The molecule has 1 aromatic rings. The van der Waals surface area contributed by atoms with E-state index in [1.165, 1.54) is 0 Å². The van der Waals surface area contributed by atoms with E-state index in [4.69, 9.17) is 0 Å². The quantitative estimate of drug-likeness (QED) is 0.906. The van der Waals surface area contributed by atoms with Gasteiger partial charge in [0, 0.05) is 25.7 Å². The SMILES string of the molecule is CC[C@H](C)Nc1ccc([C@H]2CCCN2C(C)=O)cn1. The molecule has 4 nitrogen and oxygen atoms in total. The van der Waals surface area contributed by atoms with E-state index in [2.05, 4.69) is 30.2 Å². The normalized spacial score (nSPS) is 20.4. The van der Waals surface area contributed by atoms with Crippen LogP contribution in [-0.4, -0.2) is 28.4 Å². The predicted octanol–water partition coefficient (Wildman–Crippen LogP) is 2.98. The maximum atomic E-state index is 11.6. The highest BCUT2D eigenvalue weighted by Crippen LogP contribution is 2.31. The molecule has 104 valence electrons. The van der Waals surface area contributed by atoms with Crippen molar-refractivity contribution >= 4 is 11.7 Å². The van der Waals surface area contributed by atoms with E-state index in [0.29, 0.717) is 6.04 Å². The zero-order valence-electron chi connectivity index (χ0n) is 12.0. The van der Waals surface area contributed by atoms with Gasteiger partial charge in [0.1, 0.15) is 5.82 Å². The number of nitrogens with zero attached hydrogens (tertiary/aromatic N) is 2. The molecule has 0 aromatic carbocycles. The van der Waals surface area contributed by atoms with Crippen LogP contribution in [0.4, 0.5) is 5.82 Å². The number of hydrogen-bond donors (Lipinski definition) is 1. The molecule has 0 unspecified atom stereocenters. The first-order valence-electron chi connectivity index (χ1n) is 7.11. The lowest BCUT2D eigenvalue weighted by Gasteiger charge is -2.23. The topological polar surface area (TPSA) is 45.2 Å². The maximum absolute atomic E-state index is 11.6. The second-order valence-electron chi connectivity index (χ2n) is 5.30. The number of carbonyl (C=O) groups excluding carboxylic acids is 1. The summed E-state index contributed by atoms with van der Waals surface area (Å²) >= 11 is 0. The van der Waals surface area contributed by atoms with Crippen molar-refractivity contribution in [2.45, 2.75) is 52.1 Å². The summed E-state index contributed by atoms with van der Waals surface area (Å²) in [4.78, 5) is 18.0. The van der Waals surface area contributed by atoms with Gasteiger partial charge in [-0.05, 0) is 37.8 Å². The highest BCUT2D eigenvalue weighted by atomic mass is 16.2. The monoisotopic (exact) mass is 261 g/mol. The first-order chi connectivity index (χ1) is 9.11. The lowest BCUT2D eigenvalue weighted by Crippen LogP contribution is -2.28. The van der Waals surface area contributed by atoms with E-state index in [1.54, 1.807) is 6.92 Å². The number of pyridine rings is 1. The van der Waals surface area contributed by atoms with Gasteiger partial charge in [-0.25, -0.2) is 4.98 Å². The summed E-state index contributed by atoms with van der Waals surface area (Å²) in [5.41, 5.74) is 1.14. The molecule has 0 bridgehead atoms. The molecule has 1 amide bonds. The summed E-state index contributed by atoms with van der Waals surface area (Å²) in [5.74, 6) is 1.06. The lowest BCUT2D eigenvalue weighted by molar-refractivity contribution is -0.129. The minimum Gasteiger partial charge on any atom is -0.368 e. The average Bonchev–Trinajstić information content (AvgIpc) is 2.89. The Morgan fingerprint density at radius 1 is 1.58 bits per heavy atom. The van der Waals surface area contributed by atoms with Crippen LogP contribution in [0, 0.1) is 0 Å². The first kappa shape index (κ1) is 13.8. The molecule has 2 rings (SSSR count). The first-order valence-corrected chi connectivity index (χ1v) is 7.11. The third kappa shape index (κ3) is 3.25. The summed E-state index contributed by atoms with van der Waals surface area (Å²) < 4.78 is 0. The van der Waals surface area contributed by atoms with Gasteiger partial charge < -0.3 is 10.2 Å². The number of likely N-dealkylation sites (tertiary alicyclic amines) is 1. The molecule has 1 saturated heterocycles. The number of rotatable bonds is 4. The highest BCUT2D eigenvalue weighted by Gasteiger charge is 2.27. The van der Waals surface area contributed by atoms with Crippen molar-refractivity contribution in [1.29, 1.82) is 0 Å². The molecule has 0 radical (unpaired) electrons. The fourth-order valence-corrected chi connectivity index (χ4v) is 2.53. The predicted molar refractivity (Wildman–Crippen MR) is 77.0 cm³/mol. The van der Waals surface area contributed by atoms with E-state index in [9.17, 15) is 4.79 Å². The third-order valence-corrected chi connectivity index (χ3v) is 3.84. The number of carbonyl (C=O) groups is 1. The van der Waals surface area contributed by atoms with Crippen LogP contribution in [0.15, 0.2) is 18.3 Å². The third-order valence-electron chi connectivity index (χ3n) is 3.84. The lowest BCUT2D eigenvalue weighted by atomic mass is 10.1. The molecule has 0 aliphatic carbocycles. The highest BCUT2D eigenvalue weighted by molar-refractivity contribution is 5.74. The Labute approximate surface area is 115 Å². The fraction of sp³-hybridized carbons (Fsp3) is 0.600. The van der Waals surface area contributed by atoms with Crippen LogP contribution in [0.2, 0.25) is 0 Å². The van der Waals surface area contributed by atoms with Gasteiger partial charge in [0.2, 0.25) is 5.91 Å². The second-order valence-corrected chi connectivity index (χ2v) is 5.30. The zero-order chi connectivity index (χ0) is 13.8. The van der Waals surface area contributed by atoms with Crippen LogP contribution in [0.3, 0.4) is 0 Å².